The second-order valence-electron chi connectivity index (χ2n) is 5.19. The van der Waals surface area contributed by atoms with Crippen LogP contribution in [0.1, 0.15) is 22.3 Å². The number of pyridine rings is 1. The maximum atomic E-state index is 13.1. The Kier molecular flexibility index (Phi) is 3.27. The quantitative estimate of drug-likeness (QED) is 0.810. The number of alkyl halides is 3. The van der Waals surface area contributed by atoms with Crippen molar-refractivity contribution in [1.82, 2.24) is 4.98 Å². The molecule has 0 radical (unpaired) electrons. The molecule has 1 aliphatic rings. The lowest BCUT2D eigenvalue weighted by Gasteiger charge is -2.12. The Labute approximate surface area is 120 Å². The molecule has 0 atom stereocenters. The van der Waals surface area contributed by atoms with E-state index in [9.17, 15) is 13.2 Å². The molecule has 5 heteroatoms. The lowest BCUT2D eigenvalue weighted by atomic mass is 9.98. The first kappa shape index (κ1) is 13.8. The number of rotatable bonds is 2. The summed E-state index contributed by atoms with van der Waals surface area (Å²) in [5.74, 6) is 0. The molecule has 0 fully saturated rings. The summed E-state index contributed by atoms with van der Waals surface area (Å²) in [7, 11) is 0. The van der Waals surface area contributed by atoms with E-state index in [-0.39, 0.29) is 12.0 Å². The van der Waals surface area contributed by atoms with Gasteiger partial charge in [-0.05, 0) is 47.9 Å². The van der Waals surface area contributed by atoms with Gasteiger partial charge in [-0.25, -0.2) is 0 Å². The molecule has 1 aromatic heterocycles. The zero-order valence-corrected chi connectivity index (χ0v) is 11.4. The molecular formula is C16H13F3N2. The molecule has 1 aromatic carbocycles. The van der Waals surface area contributed by atoms with Crippen molar-refractivity contribution in [2.24, 2.45) is 4.99 Å². The third-order valence-electron chi connectivity index (χ3n) is 3.49. The zero-order valence-electron chi connectivity index (χ0n) is 11.4. The van der Waals surface area contributed by atoms with Crippen LogP contribution in [0.25, 0.3) is 0 Å². The topological polar surface area (TPSA) is 25.2 Å². The Balaban J connectivity index is 1.93. The molecule has 108 valence electrons. The Morgan fingerprint density at radius 1 is 1.14 bits per heavy atom. The minimum absolute atomic E-state index is 0.257. The minimum Gasteiger partial charge on any atom is -0.265 e. The van der Waals surface area contributed by atoms with Crippen molar-refractivity contribution in [3.8, 4) is 0 Å². The third-order valence-corrected chi connectivity index (χ3v) is 3.49. The molecule has 2 nitrogen and oxygen atoms in total. The van der Waals surface area contributed by atoms with Gasteiger partial charge in [0.1, 0.15) is 0 Å². The number of aromatic nitrogens is 1. The molecule has 3 rings (SSSR count). The first-order valence-corrected chi connectivity index (χ1v) is 6.59. The maximum Gasteiger partial charge on any atom is 0.416 e. The smallest absolute Gasteiger partial charge is 0.265 e. The molecule has 0 spiro atoms. The predicted octanol–water partition coefficient (Wildman–Crippen LogP) is 4.28. The van der Waals surface area contributed by atoms with E-state index in [1.54, 1.807) is 25.4 Å². The van der Waals surface area contributed by atoms with Gasteiger partial charge in [-0.15, -0.1) is 0 Å². The third kappa shape index (κ3) is 2.82. The minimum atomic E-state index is -4.34. The molecule has 2 heterocycles. The highest BCUT2D eigenvalue weighted by atomic mass is 19.4. The van der Waals surface area contributed by atoms with E-state index in [1.807, 2.05) is 12.1 Å². The summed E-state index contributed by atoms with van der Waals surface area (Å²) in [6.07, 6.45) is -0.190. The van der Waals surface area contributed by atoms with Crippen LogP contribution in [0.15, 0.2) is 41.7 Å². The summed E-state index contributed by atoms with van der Waals surface area (Å²) >= 11 is 0. The molecule has 2 aromatic rings. The molecule has 0 unspecified atom stereocenters. The Morgan fingerprint density at radius 2 is 1.86 bits per heavy atom. The van der Waals surface area contributed by atoms with Gasteiger partial charge >= 0.3 is 6.18 Å². The lowest BCUT2D eigenvalue weighted by molar-refractivity contribution is -0.138. The fourth-order valence-corrected chi connectivity index (χ4v) is 2.59. The second-order valence-corrected chi connectivity index (χ2v) is 5.19. The maximum absolute atomic E-state index is 13.1. The molecule has 1 aliphatic heterocycles. The lowest BCUT2D eigenvalue weighted by Crippen LogP contribution is -2.11. The Morgan fingerprint density at radius 3 is 2.52 bits per heavy atom. The standard InChI is InChI=1S/C16H13F3N2/c1-10-6-14(16(17,18)19)13-9-12(21-15(13)7-10)8-11-2-4-20-5-3-11/h2-7H,8-9H2,1H3. The Hall–Kier alpha value is -2.17. The van der Waals surface area contributed by atoms with Gasteiger partial charge in [0.25, 0.3) is 0 Å². The first-order chi connectivity index (χ1) is 9.93. The number of aryl methyl sites for hydroxylation is 1. The van der Waals surface area contributed by atoms with Gasteiger partial charge in [-0.1, -0.05) is 0 Å². The van der Waals surface area contributed by atoms with Gasteiger partial charge in [-0.3, -0.25) is 9.98 Å². The van der Waals surface area contributed by atoms with Crippen LogP contribution in [-0.4, -0.2) is 10.7 Å². The van der Waals surface area contributed by atoms with E-state index < -0.39 is 11.7 Å². The van der Waals surface area contributed by atoms with Crippen molar-refractivity contribution >= 4 is 11.4 Å². The molecule has 0 bridgehead atoms. The van der Waals surface area contributed by atoms with Crippen LogP contribution in [0.5, 0.6) is 0 Å². The number of aliphatic imine (C=N–C) groups is 1. The summed E-state index contributed by atoms with van der Waals surface area (Å²) in [6.45, 7) is 1.66. The number of benzene rings is 1. The van der Waals surface area contributed by atoms with Crippen molar-refractivity contribution < 1.29 is 13.2 Å². The van der Waals surface area contributed by atoms with Crippen LogP contribution in [0, 0.1) is 6.92 Å². The largest absolute Gasteiger partial charge is 0.416 e. The van der Waals surface area contributed by atoms with Crippen molar-refractivity contribution in [1.29, 1.82) is 0 Å². The molecule has 0 saturated carbocycles. The highest BCUT2D eigenvalue weighted by molar-refractivity contribution is 5.96. The van der Waals surface area contributed by atoms with Crippen molar-refractivity contribution in [3.63, 3.8) is 0 Å². The number of fused-ring (bicyclic) bond motifs is 1. The molecule has 21 heavy (non-hydrogen) atoms. The first-order valence-electron chi connectivity index (χ1n) is 6.59. The van der Waals surface area contributed by atoms with E-state index in [0.717, 1.165) is 11.3 Å². The summed E-state index contributed by atoms with van der Waals surface area (Å²) in [5.41, 5.74) is 2.51. The van der Waals surface area contributed by atoms with Crippen molar-refractivity contribution in [3.05, 3.63) is 58.9 Å². The molecule has 0 saturated heterocycles. The fourth-order valence-electron chi connectivity index (χ4n) is 2.59. The summed E-state index contributed by atoms with van der Waals surface area (Å²) in [4.78, 5) is 8.31. The molecule has 0 aliphatic carbocycles. The van der Waals surface area contributed by atoms with Crippen LogP contribution in [0.3, 0.4) is 0 Å². The molecular weight excluding hydrogens is 277 g/mol. The second kappa shape index (κ2) is 4.98. The van der Waals surface area contributed by atoms with Crippen LogP contribution < -0.4 is 0 Å². The van der Waals surface area contributed by atoms with E-state index >= 15 is 0 Å². The van der Waals surface area contributed by atoms with Crippen molar-refractivity contribution in [2.45, 2.75) is 25.9 Å². The van der Waals surface area contributed by atoms with Gasteiger partial charge in [0, 0.05) is 30.9 Å². The monoisotopic (exact) mass is 290 g/mol. The average Bonchev–Trinajstić information content (AvgIpc) is 2.79. The fraction of sp³-hybridized carbons (Fsp3) is 0.250. The van der Waals surface area contributed by atoms with Crippen LogP contribution >= 0.6 is 0 Å². The predicted molar refractivity (Wildman–Crippen MR) is 74.9 cm³/mol. The summed E-state index contributed by atoms with van der Waals surface area (Å²) in [5, 5.41) is 0. The van der Waals surface area contributed by atoms with Gasteiger partial charge in [0.15, 0.2) is 0 Å². The van der Waals surface area contributed by atoms with E-state index in [0.29, 0.717) is 17.7 Å². The van der Waals surface area contributed by atoms with Gasteiger partial charge in [0.2, 0.25) is 0 Å². The van der Waals surface area contributed by atoms with E-state index in [2.05, 4.69) is 9.98 Å². The van der Waals surface area contributed by atoms with Crippen LogP contribution in [0.4, 0.5) is 18.9 Å². The summed E-state index contributed by atoms with van der Waals surface area (Å²) < 4.78 is 39.4. The van der Waals surface area contributed by atoms with E-state index in [1.165, 1.54) is 6.07 Å². The van der Waals surface area contributed by atoms with Gasteiger partial charge < -0.3 is 0 Å². The van der Waals surface area contributed by atoms with Gasteiger partial charge in [0.05, 0.1) is 11.3 Å². The SMILES string of the molecule is Cc1cc2c(c(C(F)(F)F)c1)CC(Cc1ccncc1)=N2. The zero-order chi connectivity index (χ0) is 15.0. The highest BCUT2D eigenvalue weighted by Gasteiger charge is 2.36. The molecule has 0 amide bonds. The number of nitrogens with zero attached hydrogens (tertiary/aromatic N) is 2. The normalized spacial score (nSPS) is 14.0. The highest BCUT2D eigenvalue weighted by Crippen LogP contribution is 2.40. The van der Waals surface area contributed by atoms with E-state index in [4.69, 9.17) is 0 Å². The molecule has 0 N–H and O–H groups in total. The Bertz CT molecular complexity index is 703. The van der Waals surface area contributed by atoms with Crippen molar-refractivity contribution in [2.75, 3.05) is 0 Å². The average molecular weight is 290 g/mol. The van der Waals surface area contributed by atoms with Crippen LogP contribution in [-0.2, 0) is 19.0 Å². The number of hydrogen-bond donors (Lipinski definition) is 0. The van der Waals surface area contributed by atoms with Gasteiger partial charge in [-0.2, -0.15) is 13.2 Å². The number of halogens is 3. The van der Waals surface area contributed by atoms with Crippen LogP contribution in [0.2, 0.25) is 0 Å². The number of hydrogen-bond acceptors (Lipinski definition) is 2. The summed E-state index contributed by atoms with van der Waals surface area (Å²) in [6, 6.07) is 6.61.